The molecule has 4 rings (SSSR count). The number of hydrogen-bond donors (Lipinski definition) is 0. The van der Waals surface area contributed by atoms with Gasteiger partial charge in [-0.25, -0.2) is 0 Å². The molecule has 0 aromatic heterocycles. The first-order chi connectivity index (χ1) is 17.7. The van der Waals surface area contributed by atoms with Gasteiger partial charge in [-0.2, -0.15) is 8.42 Å². The van der Waals surface area contributed by atoms with Crippen molar-refractivity contribution in [3.05, 3.63) is 87.3 Å². The second-order valence-corrected chi connectivity index (χ2v) is 10.6. The molecule has 190 valence electrons. The van der Waals surface area contributed by atoms with Crippen molar-refractivity contribution in [1.29, 1.82) is 0 Å². The Hall–Kier alpha value is -3.94. The third-order valence-corrected chi connectivity index (χ3v) is 7.72. The number of ether oxygens (including phenoxy) is 2. The van der Waals surface area contributed by atoms with Gasteiger partial charge in [-0.3, -0.25) is 19.8 Å². The highest BCUT2D eigenvalue weighted by atomic mass is 32.2. The topological polar surface area (TPSA) is 125 Å². The maximum Gasteiger partial charge on any atom is 0.346 e. The maximum atomic E-state index is 13.1. The molecule has 1 saturated heterocycles. The summed E-state index contributed by atoms with van der Waals surface area (Å²) in [5.41, 5.74) is 0.403. The number of para-hydroxylation sites is 3. The highest BCUT2D eigenvalue weighted by Gasteiger charge is 2.35. The van der Waals surface area contributed by atoms with Crippen LogP contribution in [-0.2, 0) is 14.9 Å². The number of carbonyl (C=O) groups is 1. The molecule has 13 heteroatoms. The molecule has 0 radical (unpaired) electrons. The molecule has 0 spiro atoms. The first-order valence-corrected chi connectivity index (χ1v) is 13.1. The highest BCUT2D eigenvalue weighted by molar-refractivity contribution is 8.27. The van der Waals surface area contributed by atoms with E-state index in [1.807, 2.05) is 0 Å². The van der Waals surface area contributed by atoms with E-state index in [1.165, 1.54) is 49.5 Å². The predicted octanol–water partition coefficient (Wildman–Crippen LogP) is 4.79. The number of thiocarbonyl (C=S) groups is 1. The normalized spacial score (nSPS) is 14.6. The Kier molecular flexibility index (Phi) is 7.47. The molecular formula is C24H18N2O8S3. The number of methoxy groups -OCH3 is 2. The van der Waals surface area contributed by atoms with Crippen LogP contribution < -0.4 is 18.6 Å². The minimum atomic E-state index is -4.55. The van der Waals surface area contributed by atoms with Crippen molar-refractivity contribution < 1.29 is 31.8 Å². The largest absolute Gasteiger partial charge is 0.495 e. The molecule has 0 unspecified atom stereocenters. The summed E-state index contributed by atoms with van der Waals surface area (Å²) in [7, 11) is -1.74. The summed E-state index contributed by atoms with van der Waals surface area (Å²) in [6.45, 7) is 0. The fraction of sp³-hybridized carbons (Fsp3) is 0.0833. The van der Waals surface area contributed by atoms with Gasteiger partial charge in [0.25, 0.3) is 11.6 Å². The molecule has 1 aliphatic heterocycles. The molecular weight excluding hydrogens is 540 g/mol. The van der Waals surface area contributed by atoms with E-state index in [0.717, 1.165) is 23.9 Å². The van der Waals surface area contributed by atoms with E-state index in [0.29, 0.717) is 26.2 Å². The lowest BCUT2D eigenvalue weighted by Gasteiger charge is -2.17. The average molecular weight is 559 g/mol. The molecule has 10 nitrogen and oxygen atoms in total. The number of nitrogens with zero attached hydrogens (tertiary/aromatic N) is 2. The second-order valence-electron chi connectivity index (χ2n) is 7.36. The number of rotatable bonds is 8. The Morgan fingerprint density at radius 2 is 1.65 bits per heavy atom. The minimum Gasteiger partial charge on any atom is -0.495 e. The number of amides is 1. The van der Waals surface area contributed by atoms with Crippen LogP contribution in [0.15, 0.2) is 76.5 Å². The molecule has 1 heterocycles. The molecule has 0 atom stereocenters. The Labute approximate surface area is 221 Å². The summed E-state index contributed by atoms with van der Waals surface area (Å²) in [5, 5.41) is 11.3. The van der Waals surface area contributed by atoms with E-state index in [-0.39, 0.29) is 17.4 Å². The van der Waals surface area contributed by atoms with E-state index in [2.05, 4.69) is 0 Å². The minimum absolute atomic E-state index is 0.0381. The van der Waals surface area contributed by atoms with Crippen LogP contribution in [0.2, 0.25) is 0 Å². The standard InChI is InChI=1S/C24H18N2O8S3/c1-32-18-9-5-3-7-16(18)25-23(27)21(36-24(25)35)14-15-11-12-19(20(13-15)33-2)34-37(30,31)22-10-6-4-8-17(22)26(28)29/h3-14H,1-2H3/b21-14-. The molecule has 1 amide bonds. The summed E-state index contributed by atoms with van der Waals surface area (Å²) >= 11 is 6.52. The van der Waals surface area contributed by atoms with Gasteiger partial charge in [-0.15, -0.1) is 0 Å². The summed E-state index contributed by atoms with van der Waals surface area (Å²) in [6, 6.07) is 16.2. The zero-order valence-corrected chi connectivity index (χ0v) is 21.8. The first kappa shape index (κ1) is 26.1. The van der Waals surface area contributed by atoms with Crippen molar-refractivity contribution in [3.63, 3.8) is 0 Å². The van der Waals surface area contributed by atoms with Crippen LogP contribution in [0.3, 0.4) is 0 Å². The fourth-order valence-electron chi connectivity index (χ4n) is 3.47. The number of carbonyl (C=O) groups excluding carboxylic acids is 1. The lowest BCUT2D eigenvalue weighted by atomic mass is 10.2. The number of nitro groups is 1. The third kappa shape index (κ3) is 5.28. The van der Waals surface area contributed by atoms with Gasteiger partial charge in [-0.1, -0.05) is 54.3 Å². The van der Waals surface area contributed by atoms with Crippen molar-refractivity contribution in [1.82, 2.24) is 0 Å². The quantitative estimate of drug-likeness (QED) is 0.125. The van der Waals surface area contributed by atoms with Crippen LogP contribution in [-0.4, -0.2) is 37.8 Å². The summed E-state index contributed by atoms with van der Waals surface area (Å²) in [4.78, 5) is 24.7. The van der Waals surface area contributed by atoms with E-state index in [4.69, 9.17) is 25.9 Å². The van der Waals surface area contributed by atoms with E-state index >= 15 is 0 Å². The monoisotopic (exact) mass is 558 g/mol. The van der Waals surface area contributed by atoms with E-state index in [9.17, 15) is 23.3 Å². The van der Waals surface area contributed by atoms with Crippen LogP contribution >= 0.6 is 24.0 Å². The van der Waals surface area contributed by atoms with Gasteiger partial charge >= 0.3 is 10.1 Å². The van der Waals surface area contributed by atoms with Crippen molar-refractivity contribution in [3.8, 4) is 17.2 Å². The lowest BCUT2D eigenvalue weighted by Crippen LogP contribution is -2.27. The van der Waals surface area contributed by atoms with Crippen LogP contribution in [0.4, 0.5) is 11.4 Å². The molecule has 0 aliphatic carbocycles. The van der Waals surface area contributed by atoms with E-state index in [1.54, 1.807) is 30.3 Å². The smallest absolute Gasteiger partial charge is 0.346 e. The SMILES string of the molecule is COc1cc(/C=C2\SC(=S)N(c3ccccc3OC)C2=O)ccc1OS(=O)(=O)c1ccccc1[N+](=O)[O-]. The van der Waals surface area contributed by atoms with Crippen molar-refractivity contribution in [2.24, 2.45) is 0 Å². The van der Waals surface area contributed by atoms with Gasteiger partial charge in [0.1, 0.15) is 5.75 Å². The molecule has 0 N–H and O–H groups in total. The molecule has 1 fully saturated rings. The maximum absolute atomic E-state index is 13.1. The fourth-order valence-corrected chi connectivity index (χ4v) is 5.86. The Morgan fingerprint density at radius 1 is 0.973 bits per heavy atom. The summed E-state index contributed by atoms with van der Waals surface area (Å²) in [5.74, 6) is -0.00340. The summed E-state index contributed by atoms with van der Waals surface area (Å²) in [6.07, 6.45) is 1.58. The van der Waals surface area contributed by atoms with Crippen molar-refractivity contribution in [2.45, 2.75) is 4.90 Å². The van der Waals surface area contributed by atoms with Crippen LogP contribution in [0.1, 0.15) is 5.56 Å². The summed E-state index contributed by atoms with van der Waals surface area (Å²) < 4.78 is 41.7. The van der Waals surface area contributed by atoms with Crippen LogP contribution in [0.5, 0.6) is 17.2 Å². The molecule has 3 aromatic carbocycles. The molecule has 1 aliphatic rings. The predicted molar refractivity (Wildman–Crippen MR) is 143 cm³/mol. The van der Waals surface area contributed by atoms with Gasteiger partial charge in [0.05, 0.1) is 29.7 Å². The highest BCUT2D eigenvalue weighted by Crippen LogP contribution is 2.40. The van der Waals surface area contributed by atoms with Crippen molar-refractivity contribution in [2.75, 3.05) is 19.1 Å². The Balaban J connectivity index is 1.63. The molecule has 0 bridgehead atoms. The molecule has 37 heavy (non-hydrogen) atoms. The van der Waals surface area contributed by atoms with Gasteiger partial charge in [-0.05, 0) is 42.0 Å². The van der Waals surface area contributed by atoms with E-state index < -0.39 is 25.6 Å². The zero-order chi connectivity index (χ0) is 26.7. The number of nitro benzene ring substituents is 1. The Morgan fingerprint density at radius 3 is 2.35 bits per heavy atom. The van der Waals surface area contributed by atoms with Gasteiger partial charge in [0, 0.05) is 6.07 Å². The van der Waals surface area contributed by atoms with Gasteiger partial charge < -0.3 is 13.7 Å². The molecule has 0 saturated carbocycles. The number of thioether (sulfide) groups is 1. The van der Waals surface area contributed by atoms with Crippen molar-refractivity contribution >= 4 is 61.8 Å². The zero-order valence-electron chi connectivity index (χ0n) is 19.3. The first-order valence-electron chi connectivity index (χ1n) is 10.4. The third-order valence-electron chi connectivity index (χ3n) is 5.14. The second kappa shape index (κ2) is 10.6. The van der Waals surface area contributed by atoms with Gasteiger partial charge in [0.15, 0.2) is 20.7 Å². The number of anilines is 1. The van der Waals surface area contributed by atoms with Crippen LogP contribution in [0.25, 0.3) is 6.08 Å². The average Bonchev–Trinajstić information content (AvgIpc) is 3.16. The van der Waals surface area contributed by atoms with Gasteiger partial charge in [0.2, 0.25) is 0 Å². The number of benzene rings is 3. The Bertz CT molecular complexity index is 1550. The lowest BCUT2D eigenvalue weighted by molar-refractivity contribution is -0.387. The number of hydrogen-bond acceptors (Lipinski definition) is 10. The molecule has 3 aromatic rings. The van der Waals surface area contributed by atoms with Crippen LogP contribution in [0, 0.1) is 10.1 Å².